The first kappa shape index (κ1) is 13.2. The summed E-state index contributed by atoms with van der Waals surface area (Å²) < 4.78 is 27.5. The monoisotopic (exact) mass is 311 g/mol. The minimum absolute atomic E-state index is 0.323. The fourth-order valence-electron chi connectivity index (χ4n) is 1.95. The SMILES string of the molecule is Cc1cc(F)ccc1C(N)c1c(F)cccc1Br. The number of hydrogen-bond acceptors (Lipinski definition) is 1. The van der Waals surface area contributed by atoms with Crippen molar-refractivity contribution in [3.63, 3.8) is 0 Å². The minimum Gasteiger partial charge on any atom is -0.320 e. The van der Waals surface area contributed by atoms with Crippen molar-refractivity contribution < 1.29 is 8.78 Å². The van der Waals surface area contributed by atoms with Crippen LogP contribution in [0.5, 0.6) is 0 Å². The van der Waals surface area contributed by atoms with Crippen molar-refractivity contribution in [3.8, 4) is 0 Å². The molecule has 2 N–H and O–H groups in total. The van der Waals surface area contributed by atoms with Crippen molar-refractivity contribution in [2.45, 2.75) is 13.0 Å². The number of halogens is 3. The van der Waals surface area contributed by atoms with Crippen LogP contribution in [-0.2, 0) is 0 Å². The molecule has 0 bridgehead atoms. The lowest BCUT2D eigenvalue weighted by Gasteiger charge is -2.17. The van der Waals surface area contributed by atoms with Gasteiger partial charge in [0.05, 0.1) is 6.04 Å². The molecule has 0 amide bonds. The molecule has 0 spiro atoms. The first-order valence-corrected chi connectivity index (χ1v) is 6.25. The van der Waals surface area contributed by atoms with Crippen LogP contribution in [-0.4, -0.2) is 0 Å². The van der Waals surface area contributed by atoms with Crippen molar-refractivity contribution >= 4 is 15.9 Å². The van der Waals surface area contributed by atoms with Gasteiger partial charge in [-0.2, -0.15) is 0 Å². The molecule has 2 aromatic carbocycles. The lowest BCUT2D eigenvalue weighted by molar-refractivity contribution is 0.596. The number of hydrogen-bond donors (Lipinski definition) is 1. The predicted octanol–water partition coefficient (Wildman–Crippen LogP) is 4.08. The van der Waals surface area contributed by atoms with E-state index in [9.17, 15) is 8.78 Å². The van der Waals surface area contributed by atoms with Crippen LogP contribution in [0.1, 0.15) is 22.7 Å². The first-order valence-electron chi connectivity index (χ1n) is 5.46. The second-order valence-corrected chi connectivity index (χ2v) is 4.97. The van der Waals surface area contributed by atoms with Crippen LogP contribution >= 0.6 is 15.9 Å². The molecule has 0 saturated carbocycles. The maximum absolute atomic E-state index is 13.8. The Morgan fingerprint density at radius 1 is 1.17 bits per heavy atom. The van der Waals surface area contributed by atoms with Crippen LogP contribution in [0.25, 0.3) is 0 Å². The summed E-state index contributed by atoms with van der Waals surface area (Å²) in [6, 6.07) is 8.39. The quantitative estimate of drug-likeness (QED) is 0.888. The molecule has 0 fully saturated rings. The van der Waals surface area contributed by atoms with Gasteiger partial charge in [0, 0.05) is 10.0 Å². The van der Waals surface area contributed by atoms with Gasteiger partial charge in [-0.1, -0.05) is 28.1 Å². The molecule has 0 aliphatic rings. The second kappa shape index (κ2) is 5.16. The maximum atomic E-state index is 13.8. The summed E-state index contributed by atoms with van der Waals surface area (Å²) in [5.74, 6) is -0.698. The molecule has 0 heterocycles. The molecule has 0 saturated heterocycles. The van der Waals surface area contributed by atoms with Crippen molar-refractivity contribution in [2.75, 3.05) is 0 Å². The Hall–Kier alpha value is -1.26. The van der Waals surface area contributed by atoms with Gasteiger partial charge in [-0.05, 0) is 42.3 Å². The summed E-state index contributed by atoms with van der Waals surface area (Å²) in [5.41, 5.74) is 7.87. The standard InChI is InChI=1S/C14H12BrF2N/c1-8-7-9(16)5-6-10(8)14(18)13-11(15)3-2-4-12(13)17/h2-7,14H,18H2,1H3. The molecule has 1 atom stereocenters. The van der Waals surface area contributed by atoms with Gasteiger partial charge in [-0.15, -0.1) is 0 Å². The van der Waals surface area contributed by atoms with Gasteiger partial charge < -0.3 is 5.73 Å². The van der Waals surface area contributed by atoms with Crippen LogP contribution < -0.4 is 5.73 Å². The fraction of sp³-hybridized carbons (Fsp3) is 0.143. The van der Waals surface area contributed by atoms with Crippen LogP contribution in [0.2, 0.25) is 0 Å². The van der Waals surface area contributed by atoms with E-state index < -0.39 is 6.04 Å². The number of aryl methyl sites for hydroxylation is 1. The lowest BCUT2D eigenvalue weighted by atomic mass is 9.95. The number of rotatable bonds is 2. The van der Waals surface area contributed by atoms with Gasteiger partial charge in [-0.25, -0.2) is 8.78 Å². The van der Waals surface area contributed by atoms with Crippen molar-refractivity contribution in [3.05, 3.63) is 69.2 Å². The molecule has 94 valence electrons. The van der Waals surface area contributed by atoms with Crippen LogP contribution in [0.15, 0.2) is 40.9 Å². The Bertz CT molecular complexity index is 564. The van der Waals surface area contributed by atoms with Gasteiger partial charge >= 0.3 is 0 Å². The van der Waals surface area contributed by atoms with E-state index in [2.05, 4.69) is 15.9 Å². The zero-order valence-electron chi connectivity index (χ0n) is 9.75. The fourth-order valence-corrected chi connectivity index (χ4v) is 2.54. The number of benzene rings is 2. The molecule has 0 aliphatic heterocycles. The van der Waals surface area contributed by atoms with E-state index in [1.807, 2.05) is 0 Å². The largest absolute Gasteiger partial charge is 0.320 e. The first-order chi connectivity index (χ1) is 8.50. The molecule has 18 heavy (non-hydrogen) atoms. The second-order valence-electron chi connectivity index (χ2n) is 4.11. The molecular weight excluding hydrogens is 300 g/mol. The highest BCUT2D eigenvalue weighted by molar-refractivity contribution is 9.10. The van der Waals surface area contributed by atoms with E-state index in [1.54, 1.807) is 25.1 Å². The zero-order chi connectivity index (χ0) is 13.3. The summed E-state index contributed by atoms with van der Waals surface area (Å²) in [5, 5.41) is 0. The van der Waals surface area contributed by atoms with E-state index in [4.69, 9.17) is 5.73 Å². The Labute approximate surface area is 113 Å². The highest BCUT2D eigenvalue weighted by Crippen LogP contribution is 2.30. The van der Waals surface area contributed by atoms with E-state index in [-0.39, 0.29) is 11.6 Å². The summed E-state index contributed by atoms with van der Waals surface area (Å²) in [6.45, 7) is 1.76. The normalized spacial score (nSPS) is 12.5. The summed E-state index contributed by atoms with van der Waals surface area (Å²) >= 11 is 3.29. The minimum atomic E-state index is -0.624. The molecule has 0 aromatic heterocycles. The van der Waals surface area contributed by atoms with Crippen LogP contribution in [0.4, 0.5) is 8.78 Å². The van der Waals surface area contributed by atoms with E-state index >= 15 is 0 Å². The summed E-state index contributed by atoms with van der Waals surface area (Å²) in [6.07, 6.45) is 0. The third-order valence-electron chi connectivity index (χ3n) is 2.88. The summed E-state index contributed by atoms with van der Waals surface area (Å²) in [4.78, 5) is 0. The third-order valence-corrected chi connectivity index (χ3v) is 3.57. The summed E-state index contributed by atoms with van der Waals surface area (Å²) in [7, 11) is 0. The lowest BCUT2D eigenvalue weighted by Crippen LogP contribution is -2.15. The van der Waals surface area contributed by atoms with E-state index in [0.29, 0.717) is 21.2 Å². The van der Waals surface area contributed by atoms with Gasteiger partial charge in [0.2, 0.25) is 0 Å². The Balaban J connectivity index is 2.51. The van der Waals surface area contributed by atoms with E-state index in [0.717, 1.165) is 0 Å². The van der Waals surface area contributed by atoms with Crippen LogP contribution in [0.3, 0.4) is 0 Å². The Morgan fingerprint density at radius 3 is 2.50 bits per heavy atom. The molecule has 2 aromatic rings. The average molecular weight is 312 g/mol. The highest BCUT2D eigenvalue weighted by atomic mass is 79.9. The van der Waals surface area contributed by atoms with Crippen molar-refractivity contribution in [1.29, 1.82) is 0 Å². The molecule has 0 aliphatic carbocycles. The topological polar surface area (TPSA) is 26.0 Å². The molecular formula is C14H12BrF2N. The third kappa shape index (κ3) is 2.44. The maximum Gasteiger partial charge on any atom is 0.129 e. The van der Waals surface area contributed by atoms with E-state index in [1.165, 1.54) is 18.2 Å². The van der Waals surface area contributed by atoms with Crippen LogP contribution in [0, 0.1) is 18.6 Å². The average Bonchev–Trinajstić information content (AvgIpc) is 2.28. The predicted molar refractivity (Wildman–Crippen MR) is 71.3 cm³/mol. The Morgan fingerprint density at radius 2 is 1.89 bits per heavy atom. The van der Waals surface area contributed by atoms with Gasteiger partial charge in [-0.3, -0.25) is 0 Å². The van der Waals surface area contributed by atoms with Gasteiger partial charge in [0.1, 0.15) is 11.6 Å². The Kier molecular flexibility index (Phi) is 3.78. The highest BCUT2D eigenvalue weighted by Gasteiger charge is 2.18. The molecule has 4 heteroatoms. The van der Waals surface area contributed by atoms with Crippen molar-refractivity contribution in [1.82, 2.24) is 0 Å². The van der Waals surface area contributed by atoms with Crippen molar-refractivity contribution in [2.24, 2.45) is 5.73 Å². The molecule has 1 unspecified atom stereocenters. The van der Waals surface area contributed by atoms with Gasteiger partial charge in [0.25, 0.3) is 0 Å². The molecule has 0 radical (unpaired) electrons. The smallest absolute Gasteiger partial charge is 0.129 e. The zero-order valence-corrected chi connectivity index (χ0v) is 11.3. The molecule has 1 nitrogen and oxygen atoms in total. The van der Waals surface area contributed by atoms with Gasteiger partial charge in [0.15, 0.2) is 0 Å². The molecule has 2 rings (SSSR count). The number of nitrogens with two attached hydrogens (primary N) is 1.